The number of amides is 1. The van der Waals surface area contributed by atoms with Crippen LogP contribution in [0.15, 0.2) is 30.3 Å². The monoisotopic (exact) mass is 266 g/mol. The number of halogens is 1. The lowest BCUT2D eigenvalue weighted by Gasteiger charge is -2.34. The largest absolute Gasteiger partial charge is 0.338 e. The minimum atomic E-state index is 0. The van der Waals surface area contributed by atoms with E-state index in [2.05, 4.69) is 5.32 Å². The van der Waals surface area contributed by atoms with Gasteiger partial charge in [-0.05, 0) is 37.4 Å². The molecule has 1 N–H and O–H groups in total. The molecule has 1 amide bonds. The van der Waals surface area contributed by atoms with Crippen LogP contribution < -0.4 is 5.32 Å². The molecule has 1 aromatic rings. The van der Waals surface area contributed by atoms with Gasteiger partial charge in [0.05, 0.1) is 0 Å². The van der Waals surface area contributed by atoms with Crippen molar-refractivity contribution in [3.05, 3.63) is 35.9 Å². The maximum Gasteiger partial charge on any atom is 0.253 e. The molecule has 2 aliphatic rings. The molecule has 0 aromatic heterocycles. The zero-order chi connectivity index (χ0) is 11.7. The molecule has 2 saturated heterocycles. The van der Waals surface area contributed by atoms with Crippen LogP contribution in [-0.2, 0) is 0 Å². The van der Waals surface area contributed by atoms with Crippen LogP contribution in [0, 0.1) is 5.92 Å². The van der Waals surface area contributed by atoms with Gasteiger partial charge < -0.3 is 10.2 Å². The molecule has 2 fully saturated rings. The number of carbonyl (C=O) groups is 1. The van der Waals surface area contributed by atoms with Crippen LogP contribution in [0.5, 0.6) is 0 Å². The van der Waals surface area contributed by atoms with Crippen LogP contribution in [0.3, 0.4) is 0 Å². The van der Waals surface area contributed by atoms with E-state index in [4.69, 9.17) is 0 Å². The first-order valence-corrected chi connectivity index (χ1v) is 6.42. The third kappa shape index (κ3) is 2.52. The maximum absolute atomic E-state index is 12.3. The van der Waals surface area contributed by atoms with Gasteiger partial charge in [-0.3, -0.25) is 4.79 Å². The van der Waals surface area contributed by atoms with Gasteiger partial charge >= 0.3 is 0 Å². The van der Waals surface area contributed by atoms with Crippen LogP contribution in [0.1, 0.15) is 23.2 Å². The van der Waals surface area contributed by atoms with Crippen molar-refractivity contribution in [2.75, 3.05) is 19.6 Å². The van der Waals surface area contributed by atoms with E-state index in [9.17, 15) is 4.79 Å². The van der Waals surface area contributed by atoms with Crippen LogP contribution in [0.4, 0.5) is 0 Å². The minimum absolute atomic E-state index is 0. The normalized spacial score (nSPS) is 26.3. The second-order valence-electron chi connectivity index (χ2n) is 5.02. The first kappa shape index (κ1) is 13.4. The summed E-state index contributed by atoms with van der Waals surface area (Å²) in [5.74, 6) is 0.854. The predicted molar refractivity (Wildman–Crippen MR) is 74.1 cm³/mol. The number of carbonyl (C=O) groups excluding carboxylic acids is 1. The number of nitrogens with zero attached hydrogens (tertiary/aromatic N) is 1. The summed E-state index contributed by atoms with van der Waals surface area (Å²) in [5.41, 5.74) is 0.817. The summed E-state index contributed by atoms with van der Waals surface area (Å²) in [4.78, 5) is 14.3. The Morgan fingerprint density at radius 2 is 2.00 bits per heavy atom. The SMILES string of the molecule is Cl.O=C(c1ccccc1)N1CCC2NCCC2C1. The molecule has 1 aromatic carbocycles. The summed E-state index contributed by atoms with van der Waals surface area (Å²) in [7, 11) is 0. The average molecular weight is 267 g/mol. The highest BCUT2D eigenvalue weighted by atomic mass is 35.5. The molecule has 2 aliphatic heterocycles. The number of nitrogens with one attached hydrogen (secondary N) is 1. The van der Waals surface area contributed by atoms with Crippen molar-refractivity contribution >= 4 is 18.3 Å². The Morgan fingerprint density at radius 3 is 2.78 bits per heavy atom. The average Bonchev–Trinajstić information content (AvgIpc) is 2.86. The molecule has 18 heavy (non-hydrogen) atoms. The van der Waals surface area contributed by atoms with Gasteiger partial charge in [-0.25, -0.2) is 0 Å². The number of hydrogen-bond acceptors (Lipinski definition) is 2. The topological polar surface area (TPSA) is 32.3 Å². The molecule has 3 rings (SSSR count). The Morgan fingerprint density at radius 1 is 1.22 bits per heavy atom. The van der Waals surface area contributed by atoms with Gasteiger partial charge in [0, 0.05) is 24.7 Å². The van der Waals surface area contributed by atoms with Gasteiger partial charge in [0.25, 0.3) is 5.91 Å². The lowest BCUT2D eigenvalue weighted by Crippen LogP contribution is -2.46. The van der Waals surface area contributed by atoms with Gasteiger partial charge in [0.2, 0.25) is 0 Å². The Balaban J connectivity index is 0.00000120. The number of hydrogen-bond donors (Lipinski definition) is 1. The third-order valence-electron chi connectivity index (χ3n) is 3.96. The lowest BCUT2D eigenvalue weighted by molar-refractivity contribution is 0.0662. The second-order valence-corrected chi connectivity index (χ2v) is 5.02. The van der Waals surface area contributed by atoms with Crippen molar-refractivity contribution < 1.29 is 4.79 Å². The molecule has 0 radical (unpaired) electrons. The highest BCUT2D eigenvalue weighted by molar-refractivity contribution is 5.94. The van der Waals surface area contributed by atoms with Crippen molar-refractivity contribution in [1.82, 2.24) is 10.2 Å². The maximum atomic E-state index is 12.3. The van der Waals surface area contributed by atoms with Crippen LogP contribution in [0.2, 0.25) is 0 Å². The smallest absolute Gasteiger partial charge is 0.253 e. The molecule has 0 spiro atoms. The van der Waals surface area contributed by atoms with Crippen LogP contribution in [-0.4, -0.2) is 36.5 Å². The van der Waals surface area contributed by atoms with Gasteiger partial charge in [0.15, 0.2) is 0 Å². The Hall–Kier alpha value is -1.06. The van der Waals surface area contributed by atoms with E-state index < -0.39 is 0 Å². The van der Waals surface area contributed by atoms with Gasteiger partial charge in [-0.1, -0.05) is 18.2 Å². The van der Waals surface area contributed by atoms with E-state index in [0.29, 0.717) is 12.0 Å². The van der Waals surface area contributed by atoms with Crippen molar-refractivity contribution in [2.24, 2.45) is 5.92 Å². The molecule has 2 heterocycles. The lowest BCUT2D eigenvalue weighted by atomic mass is 9.93. The molecule has 0 aliphatic carbocycles. The molecule has 2 unspecified atom stereocenters. The van der Waals surface area contributed by atoms with Crippen LogP contribution >= 0.6 is 12.4 Å². The first-order chi connectivity index (χ1) is 8.34. The zero-order valence-corrected chi connectivity index (χ0v) is 11.2. The Bertz CT molecular complexity index is 410. The van der Waals surface area contributed by atoms with Crippen molar-refractivity contribution in [3.63, 3.8) is 0 Å². The predicted octanol–water partition coefficient (Wildman–Crippen LogP) is 1.93. The van der Waals surface area contributed by atoms with E-state index in [-0.39, 0.29) is 18.3 Å². The van der Waals surface area contributed by atoms with Crippen molar-refractivity contribution in [3.8, 4) is 0 Å². The quantitative estimate of drug-likeness (QED) is 0.843. The summed E-state index contributed by atoms with van der Waals surface area (Å²) in [5, 5.41) is 3.52. The summed E-state index contributed by atoms with van der Waals surface area (Å²) in [6.45, 7) is 2.93. The first-order valence-electron chi connectivity index (χ1n) is 6.42. The molecule has 4 heteroatoms. The highest BCUT2D eigenvalue weighted by Crippen LogP contribution is 2.25. The Kier molecular flexibility index (Phi) is 4.25. The molecule has 0 saturated carbocycles. The molecular formula is C14H19ClN2O. The summed E-state index contributed by atoms with van der Waals surface area (Å²) >= 11 is 0. The van der Waals surface area contributed by atoms with Gasteiger partial charge in [-0.2, -0.15) is 0 Å². The molecule has 2 atom stereocenters. The number of piperidine rings is 1. The molecule has 98 valence electrons. The van der Waals surface area contributed by atoms with E-state index in [1.54, 1.807) is 0 Å². The van der Waals surface area contributed by atoms with E-state index in [1.165, 1.54) is 6.42 Å². The number of rotatable bonds is 1. The van der Waals surface area contributed by atoms with E-state index in [0.717, 1.165) is 31.6 Å². The fourth-order valence-electron chi connectivity index (χ4n) is 3.00. The standard InChI is InChI=1S/C14H18N2O.ClH/c17-14(11-4-2-1-3-5-11)16-9-7-13-12(10-16)6-8-15-13;/h1-5,12-13,15H,6-10H2;1H. The third-order valence-corrected chi connectivity index (χ3v) is 3.96. The van der Waals surface area contributed by atoms with Crippen molar-refractivity contribution in [1.29, 1.82) is 0 Å². The van der Waals surface area contributed by atoms with Crippen LogP contribution in [0.25, 0.3) is 0 Å². The molecule has 3 nitrogen and oxygen atoms in total. The van der Waals surface area contributed by atoms with E-state index >= 15 is 0 Å². The molecule has 0 bridgehead atoms. The fraction of sp³-hybridized carbons (Fsp3) is 0.500. The summed E-state index contributed by atoms with van der Waals surface area (Å²) in [6.07, 6.45) is 2.31. The number of benzene rings is 1. The number of likely N-dealkylation sites (tertiary alicyclic amines) is 1. The number of fused-ring (bicyclic) bond motifs is 1. The second kappa shape index (κ2) is 5.72. The highest BCUT2D eigenvalue weighted by Gasteiger charge is 2.34. The fourth-order valence-corrected chi connectivity index (χ4v) is 3.00. The molecular weight excluding hydrogens is 248 g/mol. The minimum Gasteiger partial charge on any atom is -0.338 e. The van der Waals surface area contributed by atoms with Gasteiger partial charge in [-0.15, -0.1) is 12.4 Å². The zero-order valence-electron chi connectivity index (χ0n) is 10.3. The van der Waals surface area contributed by atoms with Gasteiger partial charge in [0.1, 0.15) is 0 Å². The summed E-state index contributed by atoms with van der Waals surface area (Å²) in [6, 6.07) is 10.3. The van der Waals surface area contributed by atoms with Crippen molar-refractivity contribution in [2.45, 2.75) is 18.9 Å². The van der Waals surface area contributed by atoms with E-state index in [1.807, 2.05) is 35.2 Å². The summed E-state index contributed by atoms with van der Waals surface area (Å²) < 4.78 is 0. The Labute approximate surface area is 114 Å².